The van der Waals surface area contributed by atoms with E-state index in [1.807, 2.05) is 30.0 Å². The lowest BCUT2D eigenvalue weighted by Gasteiger charge is -2.33. The third-order valence-corrected chi connectivity index (χ3v) is 9.97. The Kier molecular flexibility index (Phi) is 14.9. The highest BCUT2D eigenvalue weighted by molar-refractivity contribution is 5.96. The van der Waals surface area contributed by atoms with Crippen molar-refractivity contribution in [3.63, 3.8) is 0 Å². The molecule has 1 unspecified atom stereocenters. The van der Waals surface area contributed by atoms with Crippen LogP contribution >= 0.6 is 0 Å². The Hall–Kier alpha value is -4.37. The molecule has 3 aromatic carbocycles. The number of unbranched alkanes of at least 4 members (excludes halogenated alkanes) is 1. The van der Waals surface area contributed by atoms with Crippen LogP contribution in [0.5, 0.6) is 17.2 Å². The summed E-state index contributed by atoms with van der Waals surface area (Å²) in [4.78, 5) is 33.6. The molecule has 1 atom stereocenters. The summed E-state index contributed by atoms with van der Waals surface area (Å²) in [6.45, 7) is 13.8. The Morgan fingerprint density at radius 1 is 0.863 bits per heavy atom. The fourth-order valence-electron chi connectivity index (χ4n) is 7.18. The molecule has 0 radical (unpaired) electrons. The predicted molar refractivity (Wildman–Crippen MR) is 205 cm³/mol. The number of fused-ring (bicyclic) bond motifs is 1. The predicted octanol–water partition coefficient (Wildman–Crippen LogP) is 8.11. The lowest BCUT2D eigenvalue weighted by atomic mass is 9.76. The molecule has 276 valence electrons. The second kappa shape index (κ2) is 19.3. The molecule has 0 spiro atoms. The molecule has 1 fully saturated rings. The molecule has 0 aliphatic carbocycles. The molecule has 1 aliphatic rings. The van der Waals surface area contributed by atoms with E-state index in [2.05, 4.69) is 64.7 Å². The van der Waals surface area contributed by atoms with Gasteiger partial charge in [0.05, 0.1) is 32.4 Å². The quantitative estimate of drug-likeness (QED) is 0.110. The first-order chi connectivity index (χ1) is 24.7. The Balaban J connectivity index is 0.000000302. The van der Waals surface area contributed by atoms with E-state index in [1.54, 1.807) is 40.4 Å². The molecule has 1 amide bonds. The highest BCUT2D eigenvalue weighted by Gasteiger charge is 2.41. The van der Waals surface area contributed by atoms with Gasteiger partial charge < -0.3 is 33.4 Å². The second-order valence-corrected chi connectivity index (χ2v) is 13.6. The van der Waals surface area contributed by atoms with Gasteiger partial charge in [0, 0.05) is 37.0 Å². The first-order valence-electron chi connectivity index (χ1n) is 18.5. The molecule has 0 saturated carbocycles. The molecule has 0 bridgehead atoms. The van der Waals surface area contributed by atoms with Crippen molar-refractivity contribution in [3.05, 3.63) is 83.7 Å². The number of likely N-dealkylation sites (tertiary alicyclic amines) is 1. The summed E-state index contributed by atoms with van der Waals surface area (Å²) in [5, 5.41) is 0. The summed E-state index contributed by atoms with van der Waals surface area (Å²) in [6, 6.07) is 22.3. The molecule has 2 heterocycles. The van der Waals surface area contributed by atoms with E-state index in [0.717, 1.165) is 75.3 Å². The van der Waals surface area contributed by atoms with E-state index in [-0.39, 0.29) is 17.1 Å². The van der Waals surface area contributed by atoms with Gasteiger partial charge >= 0.3 is 0 Å². The zero-order valence-corrected chi connectivity index (χ0v) is 31.9. The number of para-hydroxylation sites is 2. The van der Waals surface area contributed by atoms with Gasteiger partial charge in [-0.05, 0) is 95.4 Å². The lowest BCUT2D eigenvalue weighted by molar-refractivity contribution is -0.117. The molecule has 9 heteroatoms. The normalized spacial score (nSPS) is 15.5. The maximum absolute atomic E-state index is 13.6. The van der Waals surface area contributed by atoms with Crippen molar-refractivity contribution in [2.75, 3.05) is 54.1 Å². The van der Waals surface area contributed by atoms with Crippen LogP contribution in [0, 0.1) is 6.92 Å². The minimum absolute atomic E-state index is 0.00143. The maximum Gasteiger partial charge on any atom is 0.254 e. The zero-order chi connectivity index (χ0) is 36.8. The third-order valence-electron chi connectivity index (χ3n) is 9.97. The highest BCUT2D eigenvalue weighted by atomic mass is 16.5. The number of amides is 1. The SMILES string of the molecule is CC(=O)CCCn1c(C)nc2ccccc21.CCCCN(CCC)CCC1(c2ccccc2)CCN(C(=O)c2cc(OC)c(OC)c(OC)c2)C1. The summed E-state index contributed by atoms with van der Waals surface area (Å²) < 4.78 is 18.6. The Morgan fingerprint density at radius 2 is 1.55 bits per heavy atom. The molecule has 0 N–H and O–H groups in total. The fourth-order valence-corrected chi connectivity index (χ4v) is 7.18. The van der Waals surface area contributed by atoms with E-state index >= 15 is 0 Å². The van der Waals surface area contributed by atoms with Crippen LogP contribution in [0.2, 0.25) is 0 Å². The van der Waals surface area contributed by atoms with E-state index in [4.69, 9.17) is 14.2 Å². The molecular formula is C42H58N4O5. The number of nitrogens with zero attached hydrogens (tertiary/aromatic N) is 4. The van der Waals surface area contributed by atoms with Gasteiger partial charge in [-0.2, -0.15) is 0 Å². The van der Waals surface area contributed by atoms with Crippen molar-refractivity contribution in [1.82, 2.24) is 19.4 Å². The maximum atomic E-state index is 13.6. The van der Waals surface area contributed by atoms with Crippen LogP contribution in [0.25, 0.3) is 11.0 Å². The van der Waals surface area contributed by atoms with E-state index in [9.17, 15) is 9.59 Å². The molecule has 1 saturated heterocycles. The first-order valence-corrected chi connectivity index (χ1v) is 18.5. The van der Waals surface area contributed by atoms with Crippen molar-refractivity contribution in [2.24, 2.45) is 0 Å². The molecule has 1 aromatic heterocycles. The van der Waals surface area contributed by atoms with Gasteiger partial charge in [0.1, 0.15) is 11.6 Å². The monoisotopic (exact) mass is 698 g/mol. The van der Waals surface area contributed by atoms with Crippen molar-refractivity contribution in [2.45, 2.75) is 84.6 Å². The van der Waals surface area contributed by atoms with Crippen LogP contribution in [0.15, 0.2) is 66.7 Å². The van der Waals surface area contributed by atoms with Crippen LogP contribution in [0.3, 0.4) is 0 Å². The number of Topliss-reactive ketones (excluding diaryl/α,β-unsaturated/α-hetero) is 1. The minimum atomic E-state index is -0.0459. The number of ether oxygens (including phenoxy) is 3. The van der Waals surface area contributed by atoms with Crippen LogP contribution in [0.4, 0.5) is 0 Å². The number of hydrogen-bond donors (Lipinski definition) is 0. The highest BCUT2D eigenvalue weighted by Crippen LogP contribution is 2.41. The summed E-state index contributed by atoms with van der Waals surface area (Å²) >= 11 is 0. The molecule has 4 aromatic rings. The number of aryl methyl sites for hydroxylation is 2. The minimum Gasteiger partial charge on any atom is -0.493 e. The number of carbonyl (C=O) groups is 2. The summed E-state index contributed by atoms with van der Waals surface area (Å²) in [7, 11) is 4.71. The van der Waals surface area contributed by atoms with Gasteiger partial charge in [-0.25, -0.2) is 4.98 Å². The number of hydrogen-bond acceptors (Lipinski definition) is 7. The number of methoxy groups -OCH3 is 3. The van der Waals surface area contributed by atoms with E-state index in [1.165, 1.54) is 18.4 Å². The number of carbonyl (C=O) groups excluding carboxylic acids is 2. The topological polar surface area (TPSA) is 86.1 Å². The van der Waals surface area contributed by atoms with Crippen LogP contribution in [0.1, 0.15) is 87.5 Å². The van der Waals surface area contributed by atoms with Gasteiger partial charge in [0.2, 0.25) is 5.75 Å². The van der Waals surface area contributed by atoms with E-state index in [0.29, 0.717) is 35.8 Å². The largest absolute Gasteiger partial charge is 0.493 e. The lowest BCUT2D eigenvalue weighted by Crippen LogP contribution is -2.38. The summed E-state index contributed by atoms with van der Waals surface area (Å²) in [5.41, 5.74) is 4.02. The molecular weight excluding hydrogens is 640 g/mol. The van der Waals surface area contributed by atoms with Gasteiger partial charge in [0.25, 0.3) is 5.91 Å². The van der Waals surface area contributed by atoms with Crippen molar-refractivity contribution in [3.8, 4) is 17.2 Å². The average molecular weight is 699 g/mol. The molecule has 5 rings (SSSR count). The smallest absolute Gasteiger partial charge is 0.254 e. The number of imidazole rings is 1. The Bertz CT molecular complexity index is 1680. The molecule has 1 aliphatic heterocycles. The third kappa shape index (κ3) is 10.1. The second-order valence-electron chi connectivity index (χ2n) is 13.6. The standard InChI is InChI=1S/C29H42N2O4.C13H16N2O/c1-6-8-17-30(16-7-2)18-14-29(24-12-10-9-11-13-24)15-19-31(22-29)28(32)23-20-25(33-3)27(35-5)26(21-23)34-4;1-10(16)6-5-9-15-11(2)14-12-7-3-4-8-13(12)15/h9-13,20-21H,6-8,14-19,22H2,1-5H3;3-4,7-8H,5-6,9H2,1-2H3. The van der Waals surface area contributed by atoms with Crippen LogP contribution in [-0.4, -0.2) is 85.1 Å². The number of aromatic nitrogens is 2. The number of ketones is 1. The first kappa shape index (κ1) is 39.4. The number of benzene rings is 3. The van der Waals surface area contributed by atoms with Gasteiger partial charge in [0.15, 0.2) is 11.5 Å². The van der Waals surface area contributed by atoms with Gasteiger partial charge in [-0.15, -0.1) is 0 Å². The zero-order valence-electron chi connectivity index (χ0n) is 31.9. The van der Waals surface area contributed by atoms with Crippen molar-refractivity contribution < 1.29 is 23.8 Å². The van der Waals surface area contributed by atoms with Gasteiger partial charge in [-0.1, -0.05) is 62.7 Å². The van der Waals surface area contributed by atoms with E-state index < -0.39 is 0 Å². The van der Waals surface area contributed by atoms with Gasteiger partial charge in [-0.3, -0.25) is 4.79 Å². The fraction of sp³-hybridized carbons (Fsp3) is 0.500. The number of rotatable bonds is 17. The van der Waals surface area contributed by atoms with Crippen molar-refractivity contribution >= 4 is 22.7 Å². The van der Waals surface area contributed by atoms with Crippen LogP contribution < -0.4 is 14.2 Å². The average Bonchev–Trinajstić information content (AvgIpc) is 3.73. The summed E-state index contributed by atoms with van der Waals surface area (Å²) in [5.74, 6) is 2.75. The molecule has 9 nitrogen and oxygen atoms in total. The molecule has 51 heavy (non-hydrogen) atoms. The summed E-state index contributed by atoms with van der Waals surface area (Å²) in [6.07, 6.45) is 7.13. The Labute approximate surface area is 304 Å². The van der Waals surface area contributed by atoms with Crippen LogP contribution in [-0.2, 0) is 16.8 Å². The van der Waals surface area contributed by atoms with Crippen molar-refractivity contribution in [1.29, 1.82) is 0 Å². The Morgan fingerprint density at radius 3 is 2.18 bits per heavy atom.